The summed E-state index contributed by atoms with van der Waals surface area (Å²) in [6.45, 7) is 0. The molecular weight excluding hydrogens is 384 g/mol. The molecule has 1 atom stereocenters. The molecule has 0 bridgehead atoms. The van der Waals surface area contributed by atoms with Crippen LogP contribution in [0.25, 0.3) is 0 Å². The van der Waals surface area contributed by atoms with Crippen molar-refractivity contribution in [3.63, 3.8) is 0 Å². The highest BCUT2D eigenvalue weighted by Crippen LogP contribution is 2.33. The van der Waals surface area contributed by atoms with E-state index in [1.54, 1.807) is 12.1 Å². The molecular formula is C13H9Br2ClFN. The van der Waals surface area contributed by atoms with Crippen LogP contribution in [0.15, 0.2) is 45.3 Å². The summed E-state index contributed by atoms with van der Waals surface area (Å²) in [5, 5.41) is 0.0666. The van der Waals surface area contributed by atoms with Crippen molar-refractivity contribution in [1.82, 2.24) is 0 Å². The molecule has 1 unspecified atom stereocenters. The molecule has 0 aliphatic rings. The minimum absolute atomic E-state index is 0.0666. The van der Waals surface area contributed by atoms with Crippen molar-refractivity contribution >= 4 is 43.5 Å². The van der Waals surface area contributed by atoms with Gasteiger partial charge in [-0.3, -0.25) is 0 Å². The molecule has 1 nitrogen and oxygen atoms in total. The molecule has 0 aliphatic heterocycles. The molecule has 0 saturated carbocycles. The summed E-state index contributed by atoms with van der Waals surface area (Å²) in [5.74, 6) is -0.462. The minimum atomic E-state index is -0.486. The van der Waals surface area contributed by atoms with Gasteiger partial charge >= 0.3 is 0 Å². The molecule has 0 spiro atoms. The first-order chi connectivity index (χ1) is 8.50. The highest BCUT2D eigenvalue weighted by Gasteiger charge is 2.17. The standard InChI is InChI=1S/C13H9Br2ClFN/c14-7-4-5-10(15)9(6-7)13(18)8-2-1-3-11(17)12(8)16/h1-6,13H,18H2. The molecule has 0 aliphatic carbocycles. The predicted molar refractivity (Wildman–Crippen MR) is 79.3 cm³/mol. The minimum Gasteiger partial charge on any atom is -0.320 e. The summed E-state index contributed by atoms with van der Waals surface area (Å²) in [7, 11) is 0. The third-order valence-corrected chi connectivity index (χ3v) is 4.22. The number of hydrogen-bond donors (Lipinski definition) is 1. The molecule has 0 heterocycles. The van der Waals surface area contributed by atoms with Crippen molar-refractivity contribution in [3.05, 3.63) is 67.3 Å². The van der Waals surface area contributed by atoms with Crippen LogP contribution in [0.4, 0.5) is 4.39 Å². The van der Waals surface area contributed by atoms with Gasteiger partial charge in [0.15, 0.2) is 0 Å². The summed E-state index contributed by atoms with van der Waals surface area (Å²) < 4.78 is 15.2. The summed E-state index contributed by atoms with van der Waals surface area (Å²) in [5.41, 5.74) is 7.56. The molecule has 2 aromatic rings. The van der Waals surface area contributed by atoms with Gasteiger partial charge in [0.2, 0.25) is 0 Å². The van der Waals surface area contributed by atoms with Gasteiger partial charge in [0.1, 0.15) is 5.82 Å². The molecule has 18 heavy (non-hydrogen) atoms. The fraction of sp³-hybridized carbons (Fsp3) is 0.0769. The number of halogens is 4. The second-order valence-electron chi connectivity index (χ2n) is 3.79. The average molecular weight is 393 g/mol. The molecule has 0 saturated heterocycles. The van der Waals surface area contributed by atoms with E-state index in [1.165, 1.54) is 6.07 Å². The van der Waals surface area contributed by atoms with Crippen molar-refractivity contribution in [2.45, 2.75) is 6.04 Å². The monoisotopic (exact) mass is 391 g/mol. The molecule has 0 aromatic heterocycles. The Kier molecular flexibility index (Phi) is 4.43. The van der Waals surface area contributed by atoms with E-state index in [0.29, 0.717) is 5.56 Å². The molecule has 2 N–H and O–H groups in total. The van der Waals surface area contributed by atoms with Gasteiger partial charge in [-0.05, 0) is 35.4 Å². The Hall–Kier alpha value is -0.420. The van der Waals surface area contributed by atoms with Crippen LogP contribution >= 0.6 is 43.5 Å². The summed E-state index contributed by atoms with van der Waals surface area (Å²) in [4.78, 5) is 0. The van der Waals surface area contributed by atoms with Crippen molar-refractivity contribution < 1.29 is 4.39 Å². The SMILES string of the molecule is NC(c1cc(Br)ccc1Br)c1cccc(F)c1Cl. The van der Waals surface area contributed by atoms with Crippen LogP contribution in [0, 0.1) is 5.82 Å². The summed E-state index contributed by atoms with van der Waals surface area (Å²) in [6.07, 6.45) is 0. The number of hydrogen-bond acceptors (Lipinski definition) is 1. The van der Waals surface area contributed by atoms with Gasteiger partial charge in [-0.15, -0.1) is 0 Å². The molecule has 94 valence electrons. The first-order valence-corrected chi connectivity index (χ1v) is 7.11. The zero-order valence-electron chi connectivity index (χ0n) is 9.13. The Morgan fingerprint density at radius 1 is 1.11 bits per heavy atom. The lowest BCUT2D eigenvalue weighted by molar-refractivity contribution is 0.624. The lowest BCUT2D eigenvalue weighted by atomic mass is 9.99. The lowest BCUT2D eigenvalue weighted by Crippen LogP contribution is -2.13. The average Bonchev–Trinajstić information content (AvgIpc) is 2.35. The van der Waals surface area contributed by atoms with Crippen molar-refractivity contribution in [2.24, 2.45) is 5.73 Å². The molecule has 0 fully saturated rings. The predicted octanol–water partition coefficient (Wildman–Crippen LogP) is 5.05. The highest BCUT2D eigenvalue weighted by molar-refractivity contribution is 9.11. The zero-order chi connectivity index (χ0) is 13.3. The van der Waals surface area contributed by atoms with Crippen LogP contribution in [0.1, 0.15) is 17.2 Å². The Morgan fingerprint density at radius 2 is 1.83 bits per heavy atom. The van der Waals surface area contributed by atoms with Crippen LogP contribution < -0.4 is 5.73 Å². The molecule has 5 heteroatoms. The van der Waals surface area contributed by atoms with E-state index in [0.717, 1.165) is 14.5 Å². The first kappa shape index (κ1) is 14.0. The van der Waals surface area contributed by atoms with Gasteiger partial charge in [0, 0.05) is 8.95 Å². The van der Waals surface area contributed by atoms with Crippen LogP contribution in [-0.4, -0.2) is 0 Å². The Balaban J connectivity index is 2.51. The van der Waals surface area contributed by atoms with Gasteiger partial charge in [-0.2, -0.15) is 0 Å². The van der Waals surface area contributed by atoms with Crippen LogP contribution in [0.2, 0.25) is 5.02 Å². The molecule has 2 rings (SSSR count). The smallest absolute Gasteiger partial charge is 0.142 e. The number of rotatable bonds is 2. The van der Waals surface area contributed by atoms with Crippen LogP contribution in [-0.2, 0) is 0 Å². The first-order valence-electron chi connectivity index (χ1n) is 5.15. The number of nitrogens with two attached hydrogens (primary N) is 1. The van der Waals surface area contributed by atoms with Gasteiger partial charge in [0.05, 0.1) is 11.1 Å². The van der Waals surface area contributed by atoms with E-state index in [-0.39, 0.29) is 5.02 Å². The van der Waals surface area contributed by atoms with Gasteiger partial charge < -0.3 is 5.73 Å². The maximum absolute atomic E-state index is 13.4. The normalized spacial score (nSPS) is 12.5. The van der Waals surface area contributed by atoms with Crippen molar-refractivity contribution in [1.29, 1.82) is 0 Å². The third kappa shape index (κ3) is 2.77. The van der Waals surface area contributed by atoms with E-state index >= 15 is 0 Å². The van der Waals surface area contributed by atoms with E-state index in [9.17, 15) is 4.39 Å². The van der Waals surface area contributed by atoms with Crippen LogP contribution in [0.5, 0.6) is 0 Å². The van der Waals surface area contributed by atoms with E-state index in [4.69, 9.17) is 17.3 Å². The van der Waals surface area contributed by atoms with Gasteiger partial charge in [-0.1, -0.05) is 55.6 Å². The largest absolute Gasteiger partial charge is 0.320 e. The molecule has 0 radical (unpaired) electrons. The maximum atomic E-state index is 13.4. The fourth-order valence-electron chi connectivity index (χ4n) is 1.68. The second kappa shape index (κ2) is 5.70. The van der Waals surface area contributed by atoms with Gasteiger partial charge in [-0.25, -0.2) is 4.39 Å². The van der Waals surface area contributed by atoms with Crippen molar-refractivity contribution in [2.75, 3.05) is 0 Å². The zero-order valence-corrected chi connectivity index (χ0v) is 13.1. The lowest BCUT2D eigenvalue weighted by Gasteiger charge is -2.16. The van der Waals surface area contributed by atoms with Crippen LogP contribution in [0.3, 0.4) is 0 Å². The van der Waals surface area contributed by atoms with E-state index < -0.39 is 11.9 Å². The van der Waals surface area contributed by atoms with E-state index in [2.05, 4.69) is 31.9 Å². The summed E-state index contributed by atoms with van der Waals surface area (Å²) in [6, 6.07) is 9.82. The fourth-order valence-corrected chi connectivity index (χ4v) is 2.80. The van der Waals surface area contributed by atoms with E-state index in [1.807, 2.05) is 18.2 Å². The summed E-state index contributed by atoms with van der Waals surface area (Å²) >= 11 is 12.8. The third-order valence-electron chi connectivity index (χ3n) is 2.61. The maximum Gasteiger partial charge on any atom is 0.142 e. The van der Waals surface area contributed by atoms with Gasteiger partial charge in [0.25, 0.3) is 0 Å². The molecule has 0 amide bonds. The van der Waals surface area contributed by atoms with Crippen molar-refractivity contribution in [3.8, 4) is 0 Å². The Labute approximate surface area is 126 Å². The Morgan fingerprint density at radius 3 is 2.56 bits per heavy atom. The topological polar surface area (TPSA) is 26.0 Å². The second-order valence-corrected chi connectivity index (χ2v) is 5.93. The highest BCUT2D eigenvalue weighted by atomic mass is 79.9. The molecule has 2 aromatic carbocycles. The quantitative estimate of drug-likeness (QED) is 0.759. The number of benzene rings is 2. The Bertz CT molecular complexity index is 587.